The molecule has 1 amide bonds. The van der Waals surface area contributed by atoms with Crippen molar-refractivity contribution in [1.82, 2.24) is 25.2 Å². The summed E-state index contributed by atoms with van der Waals surface area (Å²) >= 11 is 0. The Morgan fingerprint density at radius 3 is 2.26 bits per heavy atom. The van der Waals surface area contributed by atoms with Crippen LogP contribution in [0.1, 0.15) is 119 Å². The Balaban J connectivity index is 1.46. The first-order valence-electron chi connectivity index (χ1n) is 26.8. The molecule has 440 valence electrons. The number of hydrogen-bond donors (Lipinski definition) is 6. The Labute approximate surface area is 457 Å². The van der Waals surface area contributed by atoms with Crippen molar-refractivity contribution >= 4 is 17.6 Å². The fourth-order valence-corrected chi connectivity index (χ4v) is 11.3. The van der Waals surface area contributed by atoms with E-state index in [9.17, 15) is 39.5 Å². The minimum atomic E-state index is -2.00. The number of nitrogens with one attached hydrogen (secondary N) is 1. The Hall–Kier alpha value is -4.33. The molecule has 3 aliphatic heterocycles. The van der Waals surface area contributed by atoms with Gasteiger partial charge in [0.25, 0.3) is 0 Å². The lowest BCUT2D eigenvalue weighted by Gasteiger charge is -2.50. The van der Waals surface area contributed by atoms with Crippen molar-refractivity contribution < 1.29 is 82.2 Å². The zero-order valence-corrected chi connectivity index (χ0v) is 47.6. The number of nitriles is 1. The summed E-state index contributed by atoms with van der Waals surface area (Å²) in [5, 5.41) is 82.5. The number of benzene rings is 1. The Bertz CT molecular complexity index is 2310. The quantitative estimate of drug-likeness (QED) is 0.0509. The SMILES string of the molecule is CC[C@H]1OC(=O)[C@H](C)[C@@H](O[C@H]2CC(C)(OC)[C@@H](O)[C@H](C)O2)[C@H](C)[C@@H](O[C@@H]2O[C@H](C)C[C@H](N(C)CCC(=O)N[C@H](CF)C(O)c3ccc(-n4cc(C#N)nn4)cc3)[C@H]2O)C(C)(OC)C[C@@H](C)/C(=N\OCOC)[C@H](C)[C@@H](O)C1(C)O. The van der Waals surface area contributed by atoms with Crippen molar-refractivity contribution in [2.45, 2.75) is 198 Å². The predicted octanol–water partition coefficient (Wildman–Crippen LogP) is 3.25. The molecule has 20 atom stereocenters. The molecule has 6 N–H and O–H groups in total. The number of esters is 1. The number of aliphatic hydroxyl groups excluding tert-OH is 4. The fraction of sp³-hybridized carbons (Fsp3) is 0.778. The van der Waals surface area contributed by atoms with Crippen LogP contribution in [0.3, 0.4) is 0 Å². The van der Waals surface area contributed by atoms with Crippen molar-refractivity contribution in [2.75, 3.05) is 48.4 Å². The highest BCUT2D eigenvalue weighted by molar-refractivity contribution is 5.88. The highest BCUT2D eigenvalue weighted by atomic mass is 19.1. The average molecular weight is 1110 g/mol. The number of likely N-dealkylation sites (N-methyl/N-ethyl adjacent to an activating group) is 1. The van der Waals surface area contributed by atoms with E-state index in [0.29, 0.717) is 23.4 Å². The van der Waals surface area contributed by atoms with Crippen molar-refractivity contribution in [1.29, 1.82) is 5.26 Å². The van der Waals surface area contributed by atoms with E-state index in [1.807, 2.05) is 26.8 Å². The second-order valence-corrected chi connectivity index (χ2v) is 22.1. The van der Waals surface area contributed by atoms with E-state index in [1.165, 1.54) is 39.1 Å². The monoisotopic (exact) mass is 1110 g/mol. The second-order valence-electron chi connectivity index (χ2n) is 22.1. The van der Waals surface area contributed by atoms with E-state index >= 15 is 0 Å². The van der Waals surface area contributed by atoms with Crippen LogP contribution in [0, 0.1) is 35.0 Å². The van der Waals surface area contributed by atoms with Crippen LogP contribution in [-0.4, -0.2) is 202 Å². The molecule has 0 radical (unpaired) electrons. The molecule has 78 heavy (non-hydrogen) atoms. The molecule has 5 rings (SSSR count). The van der Waals surface area contributed by atoms with Crippen LogP contribution >= 0.6 is 0 Å². The summed E-state index contributed by atoms with van der Waals surface area (Å²) in [5.41, 5.74) is -3.15. The maximum absolute atomic E-state index is 14.6. The minimum Gasteiger partial charge on any atom is -0.459 e. The first kappa shape index (κ1) is 64.5. The van der Waals surface area contributed by atoms with Gasteiger partial charge in [0.2, 0.25) is 12.7 Å². The molecular weight excluding hydrogens is 1020 g/mol. The maximum Gasteiger partial charge on any atom is 0.311 e. The molecule has 0 aliphatic carbocycles. The number of methoxy groups -OCH3 is 3. The normalized spacial score (nSPS) is 37.7. The third-order valence-electron chi connectivity index (χ3n) is 16.2. The van der Waals surface area contributed by atoms with Gasteiger partial charge in [-0.1, -0.05) is 50.2 Å². The van der Waals surface area contributed by atoms with Crippen LogP contribution in [0.25, 0.3) is 5.69 Å². The van der Waals surface area contributed by atoms with Gasteiger partial charge in [-0.05, 0) is 85.5 Å². The lowest BCUT2D eigenvalue weighted by molar-refractivity contribution is -0.319. The molecule has 3 aliphatic rings. The van der Waals surface area contributed by atoms with Gasteiger partial charge in [0.15, 0.2) is 18.3 Å². The average Bonchev–Trinajstić information content (AvgIpc) is 3.95. The number of carbonyl (C=O) groups is 2. The molecule has 1 aromatic heterocycles. The summed E-state index contributed by atoms with van der Waals surface area (Å²) in [6.07, 6.45) is -10.5. The van der Waals surface area contributed by atoms with Gasteiger partial charge in [-0.25, -0.2) is 9.07 Å². The van der Waals surface area contributed by atoms with Gasteiger partial charge >= 0.3 is 5.97 Å². The number of aliphatic hydroxyl groups is 5. The van der Waals surface area contributed by atoms with Crippen molar-refractivity contribution in [3.05, 3.63) is 41.7 Å². The molecule has 0 saturated carbocycles. The first-order chi connectivity index (χ1) is 36.7. The topological polar surface area (TPSA) is 300 Å². The first-order valence-corrected chi connectivity index (χ1v) is 26.8. The molecule has 1 aromatic carbocycles. The number of amides is 1. The van der Waals surface area contributed by atoms with E-state index in [1.54, 1.807) is 77.8 Å². The number of ether oxygens (including phenoxy) is 8. The minimum absolute atomic E-state index is 0.0521. The van der Waals surface area contributed by atoms with E-state index in [-0.39, 0.29) is 44.7 Å². The number of hydrogen-bond acceptors (Lipinski definition) is 21. The zero-order chi connectivity index (χ0) is 58.0. The Morgan fingerprint density at radius 2 is 1.67 bits per heavy atom. The lowest BCUT2D eigenvalue weighted by Crippen LogP contribution is -2.61. The molecule has 3 fully saturated rings. The van der Waals surface area contributed by atoms with E-state index in [0.717, 1.165) is 0 Å². The summed E-state index contributed by atoms with van der Waals surface area (Å²) in [7, 11) is 6.13. The van der Waals surface area contributed by atoms with Gasteiger partial charge in [0.1, 0.15) is 42.8 Å². The highest BCUT2D eigenvalue weighted by Gasteiger charge is 2.54. The van der Waals surface area contributed by atoms with Crippen molar-refractivity contribution in [3.63, 3.8) is 0 Å². The number of aromatic nitrogens is 3. The Morgan fingerprint density at radius 1 is 1.00 bits per heavy atom. The number of rotatable bonds is 19. The van der Waals surface area contributed by atoms with E-state index < -0.39 is 139 Å². The molecular formula is C54H86FN7O16. The second kappa shape index (κ2) is 27.9. The third kappa shape index (κ3) is 15.0. The van der Waals surface area contributed by atoms with E-state index in [4.69, 9.17) is 48.0 Å². The van der Waals surface area contributed by atoms with Gasteiger partial charge in [0, 0.05) is 64.5 Å². The summed E-state index contributed by atoms with van der Waals surface area (Å²) in [6.45, 7) is 15.9. The van der Waals surface area contributed by atoms with Crippen molar-refractivity contribution in [3.8, 4) is 11.8 Å². The number of carbonyl (C=O) groups excluding carboxylic acids is 2. The largest absolute Gasteiger partial charge is 0.459 e. The van der Waals surface area contributed by atoms with E-state index in [2.05, 4.69) is 20.8 Å². The number of cyclic esters (lactones) is 1. The van der Waals surface area contributed by atoms with Crippen LogP contribution in [0.2, 0.25) is 0 Å². The standard InChI is InChI=1S/C54H86FN7O16/c1-15-40-54(10,69)47(66)31(4)43(59-73-28-70-12)29(2)23-53(9,72-14)49(32(5)46(33(6)50(68)76-40)77-42-24-52(8,71-13)48(67)34(7)75-42)78-51-45(65)39(22-30(3)74-51)61(11)21-20-41(63)57-38(25-55)44(64)35-16-18-37(19-17-35)62-27-36(26-56)58-60-62/h16-19,27,29-34,38-40,42,44-49,51,64-67,69H,15,20-25,28H2,1-14H3,(H,57,63)/b59-43+/t29-,30-,31+,32+,33-,34+,38-,39+,40-,42+,44?,45-,46+,47-,48+,49-,51+,52?,53?,54?/m1/s1. The molecule has 2 aromatic rings. The lowest BCUT2D eigenvalue weighted by atomic mass is 9.73. The molecule has 0 spiro atoms. The van der Waals surface area contributed by atoms with Gasteiger partial charge < -0.3 is 78.5 Å². The summed E-state index contributed by atoms with van der Waals surface area (Å²) in [4.78, 5) is 35.4. The molecule has 0 bridgehead atoms. The van der Waals surface area contributed by atoms with Gasteiger partial charge in [-0.15, -0.1) is 5.10 Å². The number of oxime groups is 1. The van der Waals surface area contributed by atoms with Crippen LogP contribution in [-0.2, 0) is 52.3 Å². The molecule has 3 saturated heterocycles. The van der Waals surface area contributed by atoms with Gasteiger partial charge in [-0.2, -0.15) is 5.26 Å². The van der Waals surface area contributed by atoms with Crippen molar-refractivity contribution in [2.24, 2.45) is 28.8 Å². The number of alkyl halides is 1. The smallest absolute Gasteiger partial charge is 0.311 e. The Kier molecular flexibility index (Phi) is 23.1. The van der Waals surface area contributed by atoms with Crippen LogP contribution in [0.4, 0.5) is 4.39 Å². The number of halogens is 1. The molecule has 23 nitrogen and oxygen atoms in total. The molecule has 4 heterocycles. The molecule has 4 unspecified atom stereocenters. The van der Waals surface area contributed by atoms with Crippen LogP contribution in [0.5, 0.6) is 0 Å². The summed E-state index contributed by atoms with van der Waals surface area (Å²) in [6, 6.07) is 6.32. The van der Waals surface area contributed by atoms with Crippen LogP contribution < -0.4 is 5.32 Å². The zero-order valence-electron chi connectivity index (χ0n) is 47.6. The fourth-order valence-electron chi connectivity index (χ4n) is 11.3. The third-order valence-corrected chi connectivity index (χ3v) is 16.2. The molecule has 24 heteroatoms. The summed E-state index contributed by atoms with van der Waals surface area (Å²) < 4.78 is 66.0. The van der Waals surface area contributed by atoms with Gasteiger partial charge in [-0.3, -0.25) is 9.59 Å². The van der Waals surface area contributed by atoms with Gasteiger partial charge in [0.05, 0.1) is 71.3 Å². The highest BCUT2D eigenvalue weighted by Crippen LogP contribution is 2.42. The number of nitrogens with zero attached hydrogens (tertiary/aromatic N) is 6. The predicted molar refractivity (Wildman–Crippen MR) is 279 cm³/mol. The maximum atomic E-state index is 14.6. The summed E-state index contributed by atoms with van der Waals surface area (Å²) in [5.74, 6) is -4.75. The van der Waals surface area contributed by atoms with Crippen LogP contribution in [0.15, 0.2) is 35.6 Å².